The molecule has 1 fully saturated rings. The fourth-order valence-electron chi connectivity index (χ4n) is 2.25. The van der Waals surface area contributed by atoms with E-state index in [1.54, 1.807) is 42.5 Å². The second-order valence-electron chi connectivity index (χ2n) is 5.47. The van der Waals surface area contributed by atoms with Crippen LogP contribution in [0.15, 0.2) is 56.8 Å². The van der Waals surface area contributed by atoms with Gasteiger partial charge < -0.3 is 10.1 Å². The van der Waals surface area contributed by atoms with Crippen molar-refractivity contribution in [2.75, 3.05) is 6.61 Å². The van der Waals surface area contributed by atoms with Gasteiger partial charge in [0.15, 0.2) is 5.17 Å². The lowest BCUT2D eigenvalue weighted by Crippen LogP contribution is -2.20. The largest absolute Gasteiger partial charge is 0.480 e. The highest BCUT2D eigenvalue weighted by Crippen LogP contribution is 2.31. The van der Waals surface area contributed by atoms with E-state index < -0.39 is 5.91 Å². The third-order valence-electron chi connectivity index (χ3n) is 3.51. The zero-order valence-corrected chi connectivity index (χ0v) is 17.4. The molecule has 1 aliphatic heterocycles. The number of carbonyl (C=O) groups excluding carboxylic acids is 2. The predicted molar refractivity (Wildman–Crippen MR) is 115 cm³/mol. The highest BCUT2D eigenvalue weighted by molar-refractivity contribution is 9.10. The van der Waals surface area contributed by atoms with Gasteiger partial charge in [-0.2, -0.15) is 4.99 Å². The van der Waals surface area contributed by atoms with E-state index >= 15 is 0 Å². The van der Waals surface area contributed by atoms with Crippen LogP contribution in [0.4, 0.5) is 0 Å². The number of ether oxygens (including phenoxy) is 1. The minimum atomic E-state index is -0.471. The molecule has 140 valence electrons. The molecule has 0 spiro atoms. The van der Waals surface area contributed by atoms with Crippen molar-refractivity contribution in [1.29, 1.82) is 0 Å². The Hall–Kier alpha value is -2.53. The Morgan fingerprint density at radius 1 is 1.32 bits per heavy atom. The quantitative estimate of drug-likeness (QED) is 0.522. The number of nitrogens with one attached hydrogen (secondary N) is 1. The van der Waals surface area contributed by atoms with Gasteiger partial charge in [-0.25, -0.2) is 0 Å². The predicted octanol–water partition coefficient (Wildman–Crippen LogP) is 4.51. The third kappa shape index (κ3) is 5.04. The van der Waals surface area contributed by atoms with Crippen LogP contribution >= 0.6 is 39.3 Å². The zero-order valence-electron chi connectivity index (χ0n) is 14.2. The summed E-state index contributed by atoms with van der Waals surface area (Å²) in [5.41, 5.74) is 1.05. The first kappa shape index (κ1) is 20.2. The summed E-state index contributed by atoms with van der Waals surface area (Å²) in [7, 11) is 0. The van der Waals surface area contributed by atoms with E-state index in [-0.39, 0.29) is 17.7 Å². The van der Waals surface area contributed by atoms with Gasteiger partial charge in [0.25, 0.3) is 11.8 Å². The van der Waals surface area contributed by atoms with Gasteiger partial charge in [0, 0.05) is 20.6 Å². The van der Waals surface area contributed by atoms with Crippen molar-refractivity contribution in [2.45, 2.75) is 0 Å². The molecule has 28 heavy (non-hydrogen) atoms. The molecule has 2 aromatic rings. The van der Waals surface area contributed by atoms with Gasteiger partial charge in [-0.15, -0.1) is 6.42 Å². The van der Waals surface area contributed by atoms with Gasteiger partial charge in [0.2, 0.25) is 0 Å². The molecule has 0 aliphatic carbocycles. The second kappa shape index (κ2) is 9.11. The highest BCUT2D eigenvalue weighted by atomic mass is 79.9. The van der Waals surface area contributed by atoms with E-state index in [0.717, 1.165) is 16.2 Å². The number of amides is 2. The number of hydrogen-bond acceptors (Lipinski definition) is 4. The first-order valence-corrected chi connectivity index (χ1v) is 9.90. The summed E-state index contributed by atoms with van der Waals surface area (Å²) in [5.74, 6) is 2.13. The van der Waals surface area contributed by atoms with Gasteiger partial charge in [-0.05, 0) is 60.3 Å². The summed E-state index contributed by atoms with van der Waals surface area (Å²) in [6, 6.07) is 11.7. The number of aliphatic imine (C=N–C) groups is 1. The van der Waals surface area contributed by atoms with Crippen molar-refractivity contribution in [3.05, 3.63) is 68.0 Å². The topological polar surface area (TPSA) is 67.8 Å². The zero-order chi connectivity index (χ0) is 20.1. The maximum absolute atomic E-state index is 12.3. The number of hydrogen-bond donors (Lipinski definition) is 1. The van der Waals surface area contributed by atoms with E-state index in [0.29, 0.717) is 26.8 Å². The smallest absolute Gasteiger partial charge is 0.279 e. The third-order valence-corrected chi connectivity index (χ3v) is 5.17. The molecule has 2 aromatic carbocycles. The van der Waals surface area contributed by atoms with Gasteiger partial charge in [-0.1, -0.05) is 33.5 Å². The Balaban J connectivity index is 1.83. The molecule has 0 bridgehead atoms. The molecule has 1 aliphatic rings. The Morgan fingerprint density at radius 3 is 2.79 bits per heavy atom. The minimum absolute atomic E-state index is 0.111. The van der Waals surface area contributed by atoms with Gasteiger partial charge in [0.1, 0.15) is 12.4 Å². The van der Waals surface area contributed by atoms with Crippen LogP contribution in [0.2, 0.25) is 5.02 Å². The summed E-state index contributed by atoms with van der Waals surface area (Å²) in [5, 5.41) is 3.32. The van der Waals surface area contributed by atoms with E-state index in [4.69, 9.17) is 22.8 Å². The van der Waals surface area contributed by atoms with Crippen LogP contribution in [0.25, 0.3) is 6.08 Å². The number of carbonyl (C=O) groups is 2. The molecular weight excluding hydrogens is 464 g/mol. The first-order valence-electron chi connectivity index (χ1n) is 7.91. The van der Waals surface area contributed by atoms with Gasteiger partial charge >= 0.3 is 0 Å². The Bertz CT molecular complexity index is 1040. The van der Waals surface area contributed by atoms with Crippen molar-refractivity contribution in [3.8, 4) is 18.1 Å². The molecule has 1 saturated heterocycles. The maximum Gasteiger partial charge on any atom is 0.279 e. The first-order chi connectivity index (χ1) is 13.5. The number of nitrogens with zero attached hydrogens (tertiary/aromatic N) is 1. The van der Waals surface area contributed by atoms with Gasteiger partial charge in [-0.3, -0.25) is 9.59 Å². The maximum atomic E-state index is 12.3. The molecule has 2 amide bonds. The molecule has 8 heteroatoms. The van der Waals surface area contributed by atoms with Crippen molar-refractivity contribution in [3.63, 3.8) is 0 Å². The molecule has 0 saturated carbocycles. The van der Waals surface area contributed by atoms with E-state index in [2.05, 4.69) is 32.2 Å². The summed E-state index contributed by atoms with van der Waals surface area (Å²) in [6.07, 6.45) is 6.90. The number of benzene rings is 2. The van der Waals surface area contributed by atoms with Gasteiger partial charge in [0.05, 0.1) is 4.91 Å². The average Bonchev–Trinajstić information content (AvgIpc) is 3.00. The van der Waals surface area contributed by atoms with Crippen LogP contribution < -0.4 is 10.1 Å². The Labute approximate surface area is 179 Å². The molecule has 0 unspecified atom stereocenters. The Kier molecular flexibility index (Phi) is 6.57. The highest BCUT2D eigenvalue weighted by Gasteiger charge is 2.25. The van der Waals surface area contributed by atoms with Crippen molar-refractivity contribution in [1.82, 2.24) is 5.32 Å². The van der Waals surface area contributed by atoms with E-state index in [9.17, 15) is 9.59 Å². The van der Waals surface area contributed by atoms with Crippen LogP contribution in [-0.2, 0) is 4.79 Å². The lowest BCUT2D eigenvalue weighted by molar-refractivity contribution is -0.115. The van der Waals surface area contributed by atoms with Crippen LogP contribution in [0.5, 0.6) is 5.75 Å². The second-order valence-corrected chi connectivity index (χ2v) is 7.85. The summed E-state index contributed by atoms with van der Waals surface area (Å²) in [6.45, 7) is 0.111. The number of terminal acetylenes is 1. The SMILES string of the molecule is C#CCOc1ccc(Br)cc1/C=C1\SC(=NC(=O)c2ccc(Cl)cc2)NC1=O. The molecular formula is C20H12BrClN2O3S. The van der Waals surface area contributed by atoms with E-state index in [1.165, 1.54) is 0 Å². The standard InChI is InChI=1S/C20H12BrClN2O3S/c1-2-9-27-16-8-5-14(21)10-13(16)11-17-19(26)24-20(28-17)23-18(25)12-3-6-15(22)7-4-12/h1,3-8,10-11H,9H2,(H,23,24,25,26)/b17-11-. The summed E-state index contributed by atoms with van der Waals surface area (Å²) >= 11 is 10.3. The number of rotatable bonds is 4. The fourth-order valence-corrected chi connectivity index (χ4v) is 3.57. The van der Waals surface area contributed by atoms with E-state index in [1.807, 2.05) is 6.07 Å². The molecule has 1 heterocycles. The number of amidine groups is 1. The normalized spacial score (nSPS) is 16.1. The average molecular weight is 476 g/mol. The summed E-state index contributed by atoms with van der Waals surface area (Å²) in [4.78, 5) is 28.9. The number of thioether (sulfide) groups is 1. The van der Waals surface area contributed by atoms with Crippen molar-refractivity contribution < 1.29 is 14.3 Å². The lowest BCUT2D eigenvalue weighted by atomic mass is 10.2. The molecule has 0 radical (unpaired) electrons. The monoisotopic (exact) mass is 474 g/mol. The van der Waals surface area contributed by atoms with Crippen molar-refractivity contribution in [2.24, 2.45) is 4.99 Å². The van der Waals surface area contributed by atoms with Crippen LogP contribution in [0.3, 0.4) is 0 Å². The fraction of sp³-hybridized carbons (Fsp3) is 0.0500. The van der Waals surface area contributed by atoms with Crippen LogP contribution in [0, 0.1) is 12.3 Å². The lowest BCUT2D eigenvalue weighted by Gasteiger charge is -2.07. The molecule has 0 aromatic heterocycles. The van der Waals surface area contributed by atoms with Crippen LogP contribution in [0.1, 0.15) is 15.9 Å². The van der Waals surface area contributed by atoms with Crippen molar-refractivity contribution >= 4 is 62.4 Å². The summed E-state index contributed by atoms with van der Waals surface area (Å²) < 4.78 is 6.33. The minimum Gasteiger partial charge on any atom is -0.480 e. The molecule has 5 nitrogen and oxygen atoms in total. The molecule has 1 N–H and O–H groups in total. The Morgan fingerprint density at radius 2 is 2.07 bits per heavy atom. The molecule has 3 rings (SSSR count). The van der Waals surface area contributed by atoms with Crippen LogP contribution in [-0.4, -0.2) is 23.6 Å². The number of halogens is 2. The molecule has 0 atom stereocenters.